The molecule has 0 spiro atoms. The predicted octanol–water partition coefficient (Wildman–Crippen LogP) is 3.97. The molecular formula is C20H13BrN6O5. The van der Waals surface area contributed by atoms with Crippen LogP contribution in [0.3, 0.4) is 0 Å². The highest BCUT2D eigenvalue weighted by molar-refractivity contribution is 9.10. The number of nitro groups is 1. The Balaban J connectivity index is 1.73. The Morgan fingerprint density at radius 2 is 1.91 bits per heavy atom. The molecule has 3 amide bonds. The predicted molar refractivity (Wildman–Crippen MR) is 115 cm³/mol. The number of halogens is 1. The van der Waals surface area contributed by atoms with Gasteiger partial charge < -0.3 is 10.1 Å². The van der Waals surface area contributed by atoms with Gasteiger partial charge in [0.05, 0.1) is 21.9 Å². The van der Waals surface area contributed by atoms with Crippen LogP contribution in [0, 0.1) is 21.4 Å². The maximum Gasteiger partial charge on any atom is 0.326 e. The smallest absolute Gasteiger partial charge is 0.326 e. The summed E-state index contributed by atoms with van der Waals surface area (Å²) in [5.41, 5.74) is 0.0378. The molecule has 12 heteroatoms. The average molecular weight is 497 g/mol. The number of nitrogens with zero attached hydrogens (tertiary/aromatic N) is 4. The molecule has 2 aromatic carbocycles. The van der Waals surface area contributed by atoms with Crippen LogP contribution in [0.1, 0.15) is 15.9 Å². The van der Waals surface area contributed by atoms with Crippen LogP contribution in [0.15, 0.2) is 59.3 Å². The van der Waals surface area contributed by atoms with Crippen molar-refractivity contribution in [3.05, 3.63) is 80.6 Å². The van der Waals surface area contributed by atoms with Gasteiger partial charge in [0.15, 0.2) is 0 Å². The second-order valence-corrected chi connectivity index (χ2v) is 7.04. The number of rotatable bonds is 6. The molecule has 2 N–H and O–H groups in total. The summed E-state index contributed by atoms with van der Waals surface area (Å²) in [4.78, 5) is 42.8. The fourth-order valence-corrected chi connectivity index (χ4v) is 2.79. The minimum Gasteiger partial charge on any atom is -0.424 e. The summed E-state index contributed by atoms with van der Waals surface area (Å²) in [5.74, 6) is -0.616. The molecule has 0 saturated carbocycles. The Morgan fingerprint density at radius 3 is 2.59 bits per heavy atom. The molecule has 0 saturated heterocycles. The number of carbonyl (C=O) groups excluding carboxylic acids is 2. The van der Waals surface area contributed by atoms with Crippen LogP contribution in [0.5, 0.6) is 11.8 Å². The zero-order chi connectivity index (χ0) is 23.1. The summed E-state index contributed by atoms with van der Waals surface area (Å²) in [5, 5.41) is 24.6. The largest absolute Gasteiger partial charge is 0.424 e. The topological polar surface area (TPSA) is 160 Å². The molecule has 0 aliphatic heterocycles. The van der Waals surface area contributed by atoms with Crippen LogP contribution in [0.25, 0.3) is 0 Å². The van der Waals surface area contributed by atoms with Crippen molar-refractivity contribution in [2.45, 2.75) is 6.42 Å². The molecule has 0 aliphatic carbocycles. The minimum atomic E-state index is -0.931. The Morgan fingerprint density at radius 1 is 1.19 bits per heavy atom. The lowest BCUT2D eigenvalue weighted by atomic mass is 10.1. The fraction of sp³-hybridized carbons (Fsp3) is 0.0500. The van der Waals surface area contributed by atoms with Crippen molar-refractivity contribution >= 4 is 39.2 Å². The standard InChI is InChI=1S/C20H13BrN6O5/c21-13-10-23-20(24-11-13)32-17-6-5-14(9-12(17)7-8-22)25-19(29)26-18(28)15-3-1-2-4-16(15)27(30)31/h1-6,9-11H,7H2,(H2,25,26,28,29). The first-order valence-corrected chi connectivity index (χ1v) is 9.67. The van der Waals surface area contributed by atoms with Crippen LogP contribution in [0.2, 0.25) is 0 Å². The Hall–Kier alpha value is -4.37. The van der Waals surface area contributed by atoms with Crippen molar-refractivity contribution in [1.29, 1.82) is 5.26 Å². The molecule has 0 radical (unpaired) electrons. The maximum atomic E-state index is 12.3. The highest BCUT2D eigenvalue weighted by Gasteiger charge is 2.21. The molecule has 32 heavy (non-hydrogen) atoms. The normalized spacial score (nSPS) is 10.0. The van der Waals surface area contributed by atoms with Crippen molar-refractivity contribution in [2.24, 2.45) is 0 Å². The van der Waals surface area contributed by atoms with Crippen LogP contribution in [0.4, 0.5) is 16.2 Å². The van der Waals surface area contributed by atoms with Crippen LogP contribution in [-0.2, 0) is 6.42 Å². The van der Waals surface area contributed by atoms with E-state index in [0.717, 1.165) is 6.07 Å². The number of hydrogen-bond donors (Lipinski definition) is 2. The molecule has 3 rings (SSSR count). The third kappa shape index (κ3) is 5.61. The van der Waals surface area contributed by atoms with Crippen molar-refractivity contribution in [2.75, 3.05) is 5.32 Å². The number of nitrogens with one attached hydrogen (secondary N) is 2. The molecule has 11 nitrogen and oxygen atoms in total. The zero-order valence-corrected chi connectivity index (χ0v) is 17.7. The summed E-state index contributed by atoms with van der Waals surface area (Å²) < 4.78 is 6.26. The maximum absolute atomic E-state index is 12.3. The van der Waals surface area contributed by atoms with E-state index in [0.29, 0.717) is 15.8 Å². The molecule has 3 aromatic rings. The summed E-state index contributed by atoms with van der Waals surface area (Å²) in [6, 6.07) is 10.9. The second-order valence-electron chi connectivity index (χ2n) is 6.13. The molecule has 0 unspecified atom stereocenters. The number of carbonyl (C=O) groups is 2. The lowest BCUT2D eigenvalue weighted by molar-refractivity contribution is -0.385. The highest BCUT2D eigenvalue weighted by Crippen LogP contribution is 2.27. The number of urea groups is 1. The first-order valence-electron chi connectivity index (χ1n) is 8.88. The van der Waals surface area contributed by atoms with Crippen LogP contribution < -0.4 is 15.4 Å². The van der Waals surface area contributed by atoms with Crippen LogP contribution in [-0.4, -0.2) is 26.8 Å². The van der Waals surface area contributed by atoms with Crippen molar-refractivity contribution in [3.63, 3.8) is 0 Å². The van der Waals surface area contributed by atoms with E-state index < -0.39 is 22.5 Å². The molecular weight excluding hydrogens is 484 g/mol. The van der Waals surface area contributed by atoms with Gasteiger partial charge in [0.1, 0.15) is 11.3 Å². The molecule has 0 bridgehead atoms. The fourth-order valence-electron chi connectivity index (χ4n) is 2.59. The van der Waals surface area contributed by atoms with E-state index >= 15 is 0 Å². The Labute approximate surface area is 189 Å². The number of benzene rings is 2. The van der Waals surface area contributed by atoms with Gasteiger partial charge in [-0.15, -0.1) is 0 Å². The lowest BCUT2D eigenvalue weighted by Gasteiger charge is -2.11. The van der Waals surface area contributed by atoms with Gasteiger partial charge in [-0.1, -0.05) is 12.1 Å². The van der Waals surface area contributed by atoms with Gasteiger partial charge in [-0.05, 0) is 40.2 Å². The van der Waals surface area contributed by atoms with E-state index in [1.54, 1.807) is 0 Å². The first-order chi connectivity index (χ1) is 15.4. The summed E-state index contributed by atoms with van der Waals surface area (Å²) in [6.45, 7) is 0. The monoisotopic (exact) mass is 496 g/mol. The van der Waals surface area contributed by atoms with Crippen molar-refractivity contribution in [1.82, 2.24) is 15.3 Å². The molecule has 1 aromatic heterocycles. The third-order valence-electron chi connectivity index (χ3n) is 3.96. The van der Waals surface area contributed by atoms with E-state index in [4.69, 9.17) is 10.00 Å². The summed E-state index contributed by atoms with van der Waals surface area (Å²) >= 11 is 3.22. The number of nitriles is 1. The number of nitro benzene ring substituents is 1. The van der Waals surface area contributed by atoms with E-state index in [-0.39, 0.29) is 23.7 Å². The van der Waals surface area contributed by atoms with Gasteiger partial charge in [-0.2, -0.15) is 5.26 Å². The Kier molecular flexibility index (Phi) is 7.04. The lowest BCUT2D eigenvalue weighted by Crippen LogP contribution is -2.34. The van der Waals surface area contributed by atoms with Crippen molar-refractivity contribution in [3.8, 4) is 17.8 Å². The van der Waals surface area contributed by atoms with Crippen molar-refractivity contribution < 1.29 is 19.2 Å². The molecule has 0 fully saturated rings. The number of hydrogen-bond acceptors (Lipinski definition) is 8. The van der Waals surface area contributed by atoms with Gasteiger partial charge in [0.2, 0.25) is 0 Å². The number of imide groups is 1. The number of ether oxygens (including phenoxy) is 1. The van der Waals surface area contributed by atoms with E-state index in [1.165, 1.54) is 48.8 Å². The van der Waals surface area contributed by atoms with Gasteiger partial charge in [0, 0.05) is 29.7 Å². The zero-order valence-electron chi connectivity index (χ0n) is 16.1. The number of aromatic nitrogens is 2. The number of amides is 3. The number of para-hydroxylation sites is 1. The molecule has 0 atom stereocenters. The SMILES string of the molecule is N#CCc1cc(NC(=O)NC(=O)c2ccccc2[N+](=O)[O-])ccc1Oc1ncc(Br)cn1. The average Bonchev–Trinajstić information content (AvgIpc) is 2.77. The van der Waals surface area contributed by atoms with Gasteiger partial charge >= 0.3 is 12.0 Å². The molecule has 1 heterocycles. The summed E-state index contributed by atoms with van der Waals surface area (Å²) in [6.07, 6.45) is 2.97. The molecule has 160 valence electrons. The van der Waals surface area contributed by atoms with Gasteiger partial charge in [-0.3, -0.25) is 20.2 Å². The van der Waals surface area contributed by atoms with Crippen LogP contribution >= 0.6 is 15.9 Å². The third-order valence-corrected chi connectivity index (χ3v) is 4.37. The minimum absolute atomic E-state index is 0.0296. The quantitative estimate of drug-likeness (QED) is 0.382. The highest BCUT2D eigenvalue weighted by atomic mass is 79.9. The van der Waals surface area contributed by atoms with E-state index in [2.05, 4.69) is 31.2 Å². The van der Waals surface area contributed by atoms with E-state index in [9.17, 15) is 19.7 Å². The van der Waals surface area contributed by atoms with Gasteiger partial charge in [0.25, 0.3) is 11.6 Å². The second kappa shape index (κ2) is 10.1. The first kappa shape index (κ1) is 22.3. The van der Waals surface area contributed by atoms with E-state index in [1.807, 2.05) is 11.4 Å². The summed E-state index contributed by atoms with van der Waals surface area (Å²) in [7, 11) is 0. The van der Waals surface area contributed by atoms with Gasteiger partial charge in [-0.25, -0.2) is 14.8 Å². The Bertz CT molecular complexity index is 1230. The molecule has 0 aliphatic rings. The number of anilines is 1.